The minimum absolute atomic E-state index is 0.185. The summed E-state index contributed by atoms with van der Waals surface area (Å²) in [4.78, 5) is 14.7. The largest absolute Gasteiger partial charge is 0.381 e. The van der Waals surface area contributed by atoms with E-state index < -0.39 is 5.41 Å². The average Bonchev–Trinajstić information content (AvgIpc) is 2.61. The number of hydrogen-bond donors (Lipinski definition) is 0. The van der Waals surface area contributed by atoms with Crippen LogP contribution in [0, 0.1) is 5.92 Å². The third-order valence-electron chi connectivity index (χ3n) is 4.55. The van der Waals surface area contributed by atoms with Gasteiger partial charge in [0.1, 0.15) is 7.85 Å². The molecule has 3 rings (SSSR count). The highest BCUT2D eigenvalue weighted by molar-refractivity contribution is 6.33. The lowest BCUT2D eigenvalue weighted by Gasteiger charge is -2.28. The molecule has 0 aromatic heterocycles. The third-order valence-corrected chi connectivity index (χ3v) is 4.55. The Morgan fingerprint density at radius 2 is 2.05 bits per heavy atom. The predicted molar refractivity (Wildman–Crippen MR) is 80.8 cm³/mol. The third kappa shape index (κ3) is 2.16. The lowest BCUT2D eigenvalue weighted by molar-refractivity contribution is -0.122. The Hall–Kier alpha value is -1.29. The van der Waals surface area contributed by atoms with Gasteiger partial charge in [0.2, 0.25) is 5.91 Å². The van der Waals surface area contributed by atoms with Crippen LogP contribution < -0.4 is 10.4 Å². The summed E-state index contributed by atoms with van der Waals surface area (Å²) in [6, 6.07) is 5.81. The van der Waals surface area contributed by atoms with Crippen molar-refractivity contribution in [3.63, 3.8) is 0 Å². The molecule has 1 saturated heterocycles. The molecule has 1 amide bonds. The molecule has 0 atom stereocenters. The first-order chi connectivity index (χ1) is 9.50. The number of anilines is 1. The lowest BCUT2D eigenvalue weighted by atomic mass is 9.84. The fraction of sp³-hybridized carbons (Fsp3) is 0.562. The van der Waals surface area contributed by atoms with Crippen molar-refractivity contribution in [3.8, 4) is 0 Å². The number of fused-ring (bicyclic) bond motifs is 1. The first-order valence-electron chi connectivity index (χ1n) is 7.30. The molecule has 1 fully saturated rings. The van der Waals surface area contributed by atoms with E-state index in [1.165, 1.54) is 0 Å². The number of nitrogens with zero attached hydrogens (tertiary/aromatic N) is 1. The molecule has 0 spiro atoms. The van der Waals surface area contributed by atoms with Crippen molar-refractivity contribution < 1.29 is 9.53 Å². The van der Waals surface area contributed by atoms with Gasteiger partial charge in [0.05, 0.1) is 5.41 Å². The van der Waals surface area contributed by atoms with Crippen molar-refractivity contribution in [1.82, 2.24) is 0 Å². The maximum absolute atomic E-state index is 12.7. The Bertz CT molecular complexity index is 535. The molecule has 0 N–H and O–H groups in total. The van der Waals surface area contributed by atoms with Gasteiger partial charge in [-0.25, -0.2) is 0 Å². The van der Waals surface area contributed by atoms with Crippen LogP contribution in [0.1, 0.15) is 32.3 Å². The molecule has 4 heteroatoms. The first kappa shape index (κ1) is 13.7. The number of carbonyl (C=O) groups excluding carboxylic acids is 1. The van der Waals surface area contributed by atoms with Crippen LogP contribution in [0.5, 0.6) is 0 Å². The van der Waals surface area contributed by atoms with Crippen LogP contribution in [0.2, 0.25) is 0 Å². The minimum Gasteiger partial charge on any atom is -0.381 e. The SMILES string of the molecule is [B]c1ccc2c(c1)N(CC1CCOCC1)C(=O)C2(C)C. The number of carbonyl (C=O) groups is 1. The Labute approximate surface area is 121 Å². The van der Waals surface area contributed by atoms with Crippen LogP contribution in [0.25, 0.3) is 0 Å². The van der Waals surface area contributed by atoms with Gasteiger partial charge in [0, 0.05) is 25.4 Å². The first-order valence-corrected chi connectivity index (χ1v) is 7.30. The molecule has 0 aliphatic carbocycles. The topological polar surface area (TPSA) is 29.5 Å². The van der Waals surface area contributed by atoms with Gasteiger partial charge in [0.25, 0.3) is 0 Å². The van der Waals surface area contributed by atoms with Crippen molar-refractivity contribution in [1.29, 1.82) is 0 Å². The zero-order chi connectivity index (χ0) is 14.3. The lowest BCUT2D eigenvalue weighted by Crippen LogP contribution is -2.40. The molecule has 104 valence electrons. The van der Waals surface area contributed by atoms with Crippen LogP contribution >= 0.6 is 0 Å². The fourth-order valence-electron chi connectivity index (χ4n) is 3.23. The van der Waals surface area contributed by atoms with E-state index in [4.69, 9.17) is 12.6 Å². The highest BCUT2D eigenvalue weighted by atomic mass is 16.5. The van der Waals surface area contributed by atoms with Crippen LogP contribution in [-0.4, -0.2) is 33.5 Å². The highest BCUT2D eigenvalue weighted by Crippen LogP contribution is 2.41. The van der Waals surface area contributed by atoms with E-state index in [1.54, 1.807) is 0 Å². The maximum Gasteiger partial charge on any atom is 0.237 e. The number of hydrogen-bond acceptors (Lipinski definition) is 2. The summed E-state index contributed by atoms with van der Waals surface area (Å²) in [6.07, 6.45) is 2.06. The predicted octanol–water partition coefficient (Wildman–Crippen LogP) is 1.53. The van der Waals surface area contributed by atoms with E-state index in [2.05, 4.69) is 0 Å². The van der Waals surface area contributed by atoms with Crippen LogP contribution in [-0.2, 0) is 14.9 Å². The molecule has 0 saturated carbocycles. The number of benzene rings is 1. The molecule has 2 aliphatic rings. The van der Waals surface area contributed by atoms with E-state index in [1.807, 2.05) is 36.9 Å². The number of ether oxygens (including phenoxy) is 1. The quantitative estimate of drug-likeness (QED) is 0.762. The Balaban J connectivity index is 1.91. The Morgan fingerprint density at radius 1 is 1.35 bits per heavy atom. The molecule has 2 aliphatic heterocycles. The van der Waals surface area contributed by atoms with Gasteiger partial charge in [-0.05, 0) is 44.2 Å². The zero-order valence-electron chi connectivity index (χ0n) is 12.2. The molecule has 2 radical (unpaired) electrons. The normalized spacial score (nSPS) is 22.1. The Kier molecular flexibility index (Phi) is 3.37. The molecule has 2 heterocycles. The summed E-state index contributed by atoms with van der Waals surface area (Å²) in [7, 11) is 5.90. The van der Waals surface area contributed by atoms with E-state index in [0.29, 0.717) is 11.4 Å². The van der Waals surface area contributed by atoms with Gasteiger partial charge in [0.15, 0.2) is 0 Å². The molecular weight excluding hydrogens is 249 g/mol. The van der Waals surface area contributed by atoms with Crippen LogP contribution in [0.15, 0.2) is 18.2 Å². The van der Waals surface area contributed by atoms with Gasteiger partial charge >= 0.3 is 0 Å². The van der Waals surface area contributed by atoms with Gasteiger partial charge in [-0.2, -0.15) is 0 Å². The van der Waals surface area contributed by atoms with Gasteiger partial charge in [-0.15, -0.1) is 0 Å². The smallest absolute Gasteiger partial charge is 0.237 e. The number of amides is 1. The zero-order valence-corrected chi connectivity index (χ0v) is 12.2. The van der Waals surface area contributed by atoms with E-state index in [0.717, 1.165) is 43.9 Å². The van der Waals surface area contributed by atoms with E-state index >= 15 is 0 Å². The summed E-state index contributed by atoms with van der Waals surface area (Å²) in [5.74, 6) is 0.709. The summed E-state index contributed by atoms with van der Waals surface area (Å²) in [5, 5.41) is 0. The van der Waals surface area contributed by atoms with Crippen molar-refractivity contribution >= 4 is 24.9 Å². The standard InChI is InChI=1S/C16H20BNO2/c1-16(2)13-4-3-12(17)9-14(13)18(15(16)19)10-11-5-7-20-8-6-11/h3-4,9,11H,5-8,10H2,1-2H3. The summed E-state index contributed by atoms with van der Waals surface area (Å²) in [5.41, 5.74) is 2.34. The van der Waals surface area contributed by atoms with Gasteiger partial charge in [-0.1, -0.05) is 17.6 Å². The fourth-order valence-corrected chi connectivity index (χ4v) is 3.23. The van der Waals surface area contributed by atoms with Crippen LogP contribution in [0.4, 0.5) is 5.69 Å². The molecular formula is C16H20BNO2. The summed E-state index contributed by atoms with van der Waals surface area (Å²) >= 11 is 0. The summed E-state index contributed by atoms with van der Waals surface area (Å²) in [6.45, 7) is 6.38. The van der Waals surface area contributed by atoms with Crippen molar-refractivity contribution in [2.75, 3.05) is 24.7 Å². The van der Waals surface area contributed by atoms with E-state index in [-0.39, 0.29) is 5.91 Å². The van der Waals surface area contributed by atoms with Crippen molar-refractivity contribution in [2.24, 2.45) is 5.92 Å². The second-order valence-corrected chi connectivity index (χ2v) is 6.37. The highest BCUT2D eigenvalue weighted by Gasteiger charge is 2.44. The van der Waals surface area contributed by atoms with Crippen LogP contribution in [0.3, 0.4) is 0 Å². The average molecular weight is 269 g/mol. The second-order valence-electron chi connectivity index (χ2n) is 6.37. The molecule has 0 unspecified atom stereocenters. The molecule has 1 aromatic carbocycles. The molecule has 1 aromatic rings. The van der Waals surface area contributed by atoms with E-state index in [9.17, 15) is 4.79 Å². The molecule has 0 bridgehead atoms. The Morgan fingerprint density at radius 3 is 2.75 bits per heavy atom. The van der Waals surface area contributed by atoms with Gasteiger partial charge in [-0.3, -0.25) is 4.79 Å². The van der Waals surface area contributed by atoms with Gasteiger partial charge < -0.3 is 9.64 Å². The molecule has 3 nitrogen and oxygen atoms in total. The molecule has 20 heavy (non-hydrogen) atoms. The van der Waals surface area contributed by atoms with Crippen molar-refractivity contribution in [3.05, 3.63) is 23.8 Å². The number of rotatable bonds is 2. The second kappa shape index (κ2) is 4.92. The van der Waals surface area contributed by atoms with Crippen molar-refractivity contribution in [2.45, 2.75) is 32.1 Å². The summed E-state index contributed by atoms with van der Waals surface area (Å²) < 4.78 is 5.40. The minimum atomic E-state index is -0.450. The monoisotopic (exact) mass is 269 g/mol. The maximum atomic E-state index is 12.7.